The van der Waals surface area contributed by atoms with Gasteiger partial charge in [0.05, 0.1) is 4.90 Å². The lowest BCUT2D eigenvalue weighted by atomic mass is 10.1. The van der Waals surface area contributed by atoms with Crippen LogP contribution in [0.15, 0.2) is 23.1 Å². The van der Waals surface area contributed by atoms with Gasteiger partial charge in [0.1, 0.15) is 5.54 Å². The van der Waals surface area contributed by atoms with E-state index in [-0.39, 0.29) is 10.5 Å². The number of carbonyl (C=O) groups is 2. The highest BCUT2D eigenvalue weighted by atomic mass is 32.2. The molecule has 0 aliphatic heterocycles. The molecule has 0 radical (unpaired) electrons. The molecule has 132 valence electrons. The van der Waals surface area contributed by atoms with Crippen molar-refractivity contribution >= 4 is 21.9 Å². The summed E-state index contributed by atoms with van der Waals surface area (Å²) in [6, 6.07) is 4.34. The summed E-state index contributed by atoms with van der Waals surface area (Å²) in [5.41, 5.74) is -0.444. The van der Waals surface area contributed by atoms with Crippen LogP contribution in [0.3, 0.4) is 0 Å². The van der Waals surface area contributed by atoms with Gasteiger partial charge in [-0.1, -0.05) is 19.9 Å². The Balaban J connectivity index is 2.36. The van der Waals surface area contributed by atoms with Gasteiger partial charge in [0.2, 0.25) is 10.0 Å². The van der Waals surface area contributed by atoms with Gasteiger partial charge in [-0.2, -0.15) is 4.31 Å². The van der Waals surface area contributed by atoms with Gasteiger partial charge in [-0.15, -0.1) is 0 Å². The molecule has 8 heteroatoms. The summed E-state index contributed by atoms with van der Waals surface area (Å²) in [5, 5.41) is 11.7. The molecule has 1 aliphatic carbocycles. The minimum Gasteiger partial charge on any atom is -0.480 e. The first kappa shape index (κ1) is 18.4. The van der Waals surface area contributed by atoms with Crippen molar-refractivity contribution in [2.24, 2.45) is 0 Å². The fraction of sp³-hybridized carbons (Fsp3) is 0.500. The molecule has 1 aromatic rings. The maximum absolute atomic E-state index is 12.6. The van der Waals surface area contributed by atoms with Gasteiger partial charge in [-0.05, 0) is 37.5 Å². The number of benzene rings is 1. The number of nitrogens with one attached hydrogen (secondary N) is 1. The van der Waals surface area contributed by atoms with Crippen LogP contribution in [0.4, 0.5) is 0 Å². The molecule has 0 aromatic heterocycles. The van der Waals surface area contributed by atoms with Crippen LogP contribution in [0.1, 0.15) is 42.6 Å². The SMILES string of the molecule is CCN(CC)S(=O)(=O)c1ccc(C)c(C(=O)NC2(C(=O)O)CC2)c1. The van der Waals surface area contributed by atoms with Crippen molar-refractivity contribution in [1.82, 2.24) is 9.62 Å². The largest absolute Gasteiger partial charge is 0.480 e. The van der Waals surface area contributed by atoms with Crippen molar-refractivity contribution in [1.29, 1.82) is 0 Å². The third-order valence-electron chi connectivity index (χ3n) is 4.31. The average Bonchev–Trinajstić information content (AvgIpc) is 3.29. The Morgan fingerprint density at radius 3 is 2.29 bits per heavy atom. The molecule has 24 heavy (non-hydrogen) atoms. The number of rotatable bonds is 7. The third-order valence-corrected chi connectivity index (χ3v) is 6.35. The minimum atomic E-state index is -3.68. The predicted octanol–water partition coefficient (Wildman–Crippen LogP) is 1.37. The number of aryl methyl sites for hydroxylation is 1. The second kappa shape index (κ2) is 6.52. The van der Waals surface area contributed by atoms with Crippen LogP contribution in [0.2, 0.25) is 0 Å². The van der Waals surface area contributed by atoms with Crippen molar-refractivity contribution in [2.75, 3.05) is 13.1 Å². The van der Waals surface area contributed by atoms with E-state index >= 15 is 0 Å². The van der Waals surface area contributed by atoms with Crippen LogP contribution in [-0.4, -0.2) is 48.3 Å². The van der Waals surface area contributed by atoms with E-state index in [9.17, 15) is 23.1 Å². The van der Waals surface area contributed by atoms with Crippen LogP contribution in [0.5, 0.6) is 0 Å². The number of nitrogens with zero attached hydrogens (tertiary/aromatic N) is 1. The highest BCUT2D eigenvalue weighted by molar-refractivity contribution is 7.89. The highest BCUT2D eigenvalue weighted by Gasteiger charge is 2.51. The van der Waals surface area contributed by atoms with Crippen LogP contribution >= 0.6 is 0 Å². The number of aliphatic carboxylic acids is 1. The number of amides is 1. The van der Waals surface area contributed by atoms with E-state index in [1.807, 2.05) is 0 Å². The first-order valence-electron chi connectivity index (χ1n) is 7.84. The summed E-state index contributed by atoms with van der Waals surface area (Å²) in [6.07, 6.45) is 0.759. The Morgan fingerprint density at radius 1 is 1.25 bits per heavy atom. The number of sulfonamides is 1. The standard InChI is InChI=1S/C16H22N2O5S/c1-4-18(5-2)24(22,23)12-7-6-11(3)13(10-12)14(19)17-16(8-9-16)15(20)21/h6-7,10H,4-5,8-9H2,1-3H3,(H,17,19)(H,20,21). The normalized spacial score (nSPS) is 16.0. The molecule has 2 N–H and O–H groups in total. The molecule has 0 saturated heterocycles. The lowest BCUT2D eigenvalue weighted by Gasteiger charge is -2.19. The molecule has 0 heterocycles. The molecule has 1 fully saturated rings. The van der Waals surface area contributed by atoms with E-state index in [0.717, 1.165) is 0 Å². The molecule has 0 unspecified atom stereocenters. The lowest BCUT2D eigenvalue weighted by molar-refractivity contribution is -0.140. The van der Waals surface area contributed by atoms with Gasteiger partial charge in [0.25, 0.3) is 5.91 Å². The Hall–Kier alpha value is -1.93. The van der Waals surface area contributed by atoms with Crippen molar-refractivity contribution < 1.29 is 23.1 Å². The summed E-state index contributed by atoms with van der Waals surface area (Å²) in [5.74, 6) is -1.63. The molecular weight excluding hydrogens is 332 g/mol. The number of carboxylic acids is 1. The van der Waals surface area contributed by atoms with E-state index in [1.54, 1.807) is 26.8 Å². The van der Waals surface area contributed by atoms with Crippen LogP contribution in [-0.2, 0) is 14.8 Å². The molecule has 1 saturated carbocycles. The molecule has 1 amide bonds. The zero-order valence-corrected chi connectivity index (χ0v) is 14.8. The molecule has 0 spiro atoms. The van der Waals surface area contributed by atoms with Crippen molar-refractivity contribution in [3.8, 4) is 0 Å². The Bertz CT molecular complexity index is 765. The van der Waals surface area contributed by atoms with Crippen molar-refractivity contribution in [2.45, 2.75) is 44.0 Å². The van der Waals surface area contributed by atoms with E-state index < -0.39 is 27.4 Å². The van der Waals surface area contributed by atoms with E-state index in [1.165, 1.54) is 16.4 Å². The summed E-state index contributed by atoms with van der Waals surface area (Å²) in [6.45, 7) is 5.83. The Morgan fingerprint density at radius 2 is 1.83 bits per heavy atom. The molecule has 2 rings (SSSR count). The lowest BCUT2D eigenvalue weighted by Crippen LogP contribution is -2.43. The van der Waals surface area contributed by atoms with Gasteiger partial charge >= 0.3 is 5.97 Å². The summed E-state index contributed by atoms with van der Waals surface area (Å²) < 4.78 is 26.5. The second-order valence-corrected chi connectivity index (χ2v) is 7.85. The van der Waals surface area contributed by atoms with Gasteiger partial charge < -0.3 is 10.4 Å². The first-order chi connectivity index (χ1) is 11.2. The average molecular weight is 354 g/mol. The number of hydrogen-bond acceptors (Lipinski definition) is 4. The molecule has 1 aromatic carbocycles. The number of carboxylic acid groups (broad SMARTS) is 1. The monoisotopic (exact) mass is 354 g/mol. The van der Waals surface area contributed by atoms with Crippen molar-refractivity contribution in [3.63, 3.8) is 0 Å². The van der Waals surface area contributed by atoms with Crippen LogP contribution < -0.4 is 5.32 Å². The first-order valence-corrected chi connectivity index (χ1v) is 9.28. The topological polar surface area (TPSA) is 104 Å². The number of carbonyl (C=O) groups excluding carboxylic acids is 1. The molecule has 7 nitrogen and oxygen atoms in total. The van der Waals surface area contributed by atoms with Gasteiger partial charge in [0.15, 0.2) is 0 Å². The summed E-state index contributed by atoms with van der Waals surface area (Å²) in [4.78, 5) is 23.7. The fourth-order valence-corrected chi connectivity index (χ4v) is 4.01. The third kappa shape index (κ3) is 3.29. The maximum Gasteiger partial charge on any atom is 0.329 e. The van der Waals surface area contributed by atoms with Crippen molar-refractivity contribution in [3.05, 3.63) is 29.3 Å². The smallest absolute Gasteiger partial charge is 0.329 e. The molecule has 0 atom stereocenters. The molecule has 1 aliphatic rings. The van der Waals surface area contributed by atoms with Gasteiger partial charge in [-0.25, -0.2) is 13.2 Å². The fourth-order valence-electron chi connectivity index (χ4n) is 2.52. The Labute approximate surface area is 141 Å². The highest BCUT2D eigenvalue weighted by Crippen LogP contribution is 2.36. The van der Waals surface area contributed by atoms with Gasteiger partial charge in [-0.3, -0.25) is 4.79 Å². The molecule has 0 bridgehead atoms. The van der Waals surface area contributed by atoms with E-state index in [4.69, 9.17) is 0 Å². The summed E-state index contributed by atoms with van der Waals surface area (Å²) >= 11 is 0. The van der Waals surface area contributed by atoms with E-state index in [2.05, 4.69) is 5.32 Å². The molecular formula is C16H22N2O5S. The predicted molar refractivity (Wildman–Crippen MR) is 88.4 cm³/mol. The van der Waals surface area contributed by atoms with Crippen LogP contribution in [0, 0.1) is 6.92 Å². The zero-order valence-electron chi connectivity index (χ0n) is 14.0. The maximum atomic E-state index is 12.6. The minimum absolute atomic E-state index is 0.0297. The summed E-state index contributed by atoms with van der Waals surface area (Å²) in [7, 11) is -3.68. The second-order valence-electron chi connectivity index (χ2n) is 5.91. The quantitative estimate of drug-likeness (QED) is 0.770. The van der Waals surface area contributed by atoms with Gasteiger partial charge in [0, 0.05) is 18.7 Å². The zero-order chi connectivity index (χ0) is 18.1. The van der Waals surface area contributed by atoms with Crippen LogP contribution in [0.25, 0.3) is 0 Å². The Kier molecular flexibility index (Phi) is 5.00. The van der Waals surface area contributed by atoms with E-state index in [0.29, 0.717) is 31.5 Å². The number of hydrogen-bond donors (Lipinski definition) is 2.